The number of nitrogens with zero attached hydrogens (tertiary/aromatic N) is 1. The molecule has 1 atom stereocenters. The van der Waals surface area contributed by atoms with Crippen LogP contribution >= 0.6 is 0 Å². The van der Waals surface area contributed by atoms with Gasteiger partial charge >= 0.3 is 5.97 Å². The summed E-state index contributed by atoms with van der Waals surface area (Å²) in [5, 5.41) is 11.5. The number of carbonyl (C=O) groups excluding carboxylic acids is 2. The molecule has 0 aliphatic rings. The average Bonchev–Trinajstić information content (AvgIpc) is 2.45. The van der Waals surface area contributed by atoms with E-state index in [1.54, 1.807) is 18.2 Å². The predicted molar refractivity (Wildman–Crippen MR) is 74.0 cm³/mol. The molecule has 0 aromatic heterocycles. The van der Waals surface area contributed by atoms with E-state index >= 15 is 0 Å². The number of carbonyl (C=O) groups is 2. The molecule has 0 spiro atoms. The van der Waals surface area contributed by atoms with Gasteiger partial charge in [0.1, 0.15) is 0 Å². The molecular weight excluding hydrogens is 256 g/mol. The van der Waals surface area contributed by atoms with E-state index in [0.29, 0.717) is 5.56 Å². The normalized spacial score (nSPS) is 11.2. The van der Waals surface area contributed by atoms with Crippen LogP contribution in [0.2, 0.25) is 0 Å². The summed E-state index contributed by atoms with van der Waals surface area (Å²) in [7, 11) is 0. The Morgan fingerprint density at radius 3 is 2.85 bits per heavy atom. The maximum absolute atomic E-state index is 11.7. The maximum Gasteiger partial charge on any atom is 0.338 e. The molecule has 1 rings (SSSR count). The standard InChI is InChI=1S/C15H18N2O3/c1-3-5-11(2)17-14(18)10-20-15(19)13-7-4-6-12(8-13)9-16/h4,6-8,11H,3,5,10H2,1-2H3,(H,17,18). The van der Waals surface area contributed by atoms with Crippen molar-refractivity contribution >= 4 is 11.9 Å². The second-order valence-electron chi connectivity index (χ2n) is 4.53. The molecule has 0 aliphatic carbocycles. The number of rotatable bonds is 6. The monoisotopic (exact) mass is 274 g/mol. The van der Waals surface area contributed by atoms with Crippen LogP contribution in [0.3, 0.4) is 0 Å². The van der Waals surface area contributed by atoms with Crippen LogP contribution in [0.1, 0.15) is 42.6 Å². The first-order valence-corrected chi connectivity index (χ1v) is 6.53. The zero-order valence-corrected chi connectivity index (χ0v) is 11.7. The fourth-order valence-electron chi connectivity index (χ4n) is 1.75. The molecule has 106 valence electrons. The predicted octanol–water partition coefficient (Wildman–Crippen LogP) is 2.02. The van der Waals surface area contributed by atoms with Crippen LogP contribution in [-0.2, 0) is 9.53 Å². The second kappa shape index (κ2) is 7.95. The number of ether oxygens (including phenoxy) is 1. The summed E-state index contributed by atoms with van der Waals surface area (Å²) in [5.41, 5.74) is 0.638. The van der Waals surface area contributed by atoms with Gasteiger partial charge in [0.15, 0.2) is 6.61 Å². The first-order valence-electron chi connectivity index (χ1n) is 6.53. The first kappa shape index (κ1) is 15.7. The highest BCUT2D eigenvalue weighted by atomic mass is 16.5. The Balaban J connectivity index is 2.47. The average molecular weight is 274 g/mol. The SMILES string of the molecule is CCCC(C)NC(=O)COC(=O)c1cccc(C#N)c1. The molecule has 0 radical (unpaired) electrons. The van der Waals surface area contributed by atoms with E-state index in [-0.39, 0.29) is 24.1 Å². The molecule has 0 aliphatic heterocycles. The zero-order valence-electron chi connectivity index (χ0n) is 11.7. The van der Waals surface area contributed by atoms with Crippen LogP contribution in [0, 0.1) is 11.3 Å². The highest BCUT2D eigenvalue weighted by Gasteiger charge is 2.12. The molecule has 1 aromatic rings. The van der Waals surface area contributed by atoms with Gasteiger partial charge in [-0.15, -0.1) is 0 Å². The van der Waals surface area contributed by atoms with Crippen molar-refractivity contribution < 1.29 is 14.3 Å². The lowest BCUT2D eigenvalue weighted by Crippen LogP contribution is -2.35. The molecule has 0 saturated heterocycles. The Bertz CT molecular complexity index is 520. The minimum Gasteiger partial charge on any atom is -0.452 e. The van der Waals surface area contributed by atoms with Crippen molar-refractivity contribution in [2.24, 2.45) is 0 Å². The second-order valence-corrected chi connectivity index (χ2v) is 4.53. The first-order chi connectivity index (χ1) is 9.56. The molecule has 0 heterocycles. The van der Waals surface area contributed by atoms with E-state index in [1.807, 2.05) is 19.9 Å². The molecule has 0 bridgehead atoms. The van der Waals surface area contributed by atoms with Crippen molar-refractivity contribution in [1.82, 2.24) is 5.32 Å². The van der Waals surface area contributed by atoms with Gasteiger partial charge in [0, 0.05) is 6.04 Å². The van der Waals surface area contributed by atoms with E-state index in [9.17, 15) is 9.59 Å². The van der Waals surface area contributed by atoms with Crippen LogP contribution in [0.5, 0.6) is 0 Å². The minimum absolute atomic E-state index is 0.0631. The summed E-state index contributed by atoms with van der Waals surface area (Å²) in [5.74, 6) is -0.934. The number of hydrogen-bond donors (Lipinski definition) is 1. The smallest absolute Gasteiger partial charge is 0.338 e. The summed E-state index contributed by atoms with van der Waals surface area (Å²) in [6.07, 6.45) is 1.85. The van der Waals surface area contributed by atoms with Crippen molar-refractivity contribution in [2.45, 2.75) is 32.7 Å². The number of amides is 1. The Hall–Kier alpha value is -2.35. The van der Waals surface area contributed by atoms with Gasteiger partial charge in [0.05, 0.1) is 17.2 Å². The van der Waals surface area contributed by atoms with Crippen molar-refractivity contribution in [3.05, 3.63) is 35.4 Å². The van der Waals surface area contributed by atoms with E-state index < -0.39 is 5.97 Å². The van der Waals surface area contributed by atoms with E-state index in [4.69, 9.17) is 10.00 Å². The van der Waals surface area contributed by atoms with Crippen molar-refractivity contribution in [1.29, 1.82) is 5.26 Å². The number of hydrogen-bond acceptors (Lipinski definition) is 4. The van der Waals surface area contributed by atoms with E-state index in [0.717, 1.165) is 12.8 Å². The third-order valence-corrected chi connectivity index (χ3v) is 2.69. The van der Waals surface area contributed by atoms with Gasteiger partial charge in [-0.05, 0) is 31.5 Å². The van der Waals surface area contributed by atoms with Crippen molar-refractivity contribution in [3.8, 4) is 6.07 Å². The lowest BCUT2D eigenvalue weighted by Gasteiger charge is -2.12. The van der Waals surface area contributed by atoms with Crippen LogP contribution in [0.15, 0.2) is 24.3 Å². The van der Waals surface area contributed by atoms with Gasteiger partial charge in [0.2, 0.25) is 0 Å². The highest BCUT2D eigenvalue weighted by molar-refractivity contribution is 5.91. The van der Waals surface area contributed by atoms with Gasteiger partial charge in [-0.2, -0.15) is 5.26 Å². The summed E-state index contributed by atoms with van der Waals surface area (Å²) >= 11 is 0. The number of esters is 1. The Morgan fingerprint density at radius 1 is 1.45 bits per heavy atom. The topological polar surface area (TPSA) is 79.2 Å². The lowest BCUT2D eigenvalue weighted by atomic mass is 10.1. The van der Waals surface area contributed by atoms with Gasteiger partial charge < -0.3 is 10.1 Å². The van der Waals surface area contributed by atoms with Crippen molar-refractivity contribution in [2.75, 3.05) is 6.61 Å². The highest BCUT2D eigenvalue weighted by Crippen LogP contribution is 2.05. The number of nitrogens with one attached hydrogen (secondary N) is 1. The van der Waals surface area contributed by atoms with Crippen LogP contribution < -0.4 is 5.32 Å². The summed E-state index contributed by atoms with van der Waals surface area (Å²) < 4.78 is 4.91. The molecule has 0 saturated carbocycles. The van der Waals surface area contributed by atoms with Crippen LogP contribution in [0.25, 0.3) is 0 Å². The summed E-state index contributed by atoms with van der Waals surface area (Å²) in [6, 6.07) is 8.17. The fourth-order valence-corrected chi connectivity index (χ4v) is 1.75. The summed E-state index contributed by atoms with van der Waals surface area (Å²) in [6.45, 7) is 3.62. The third-order valence-electron chi connectivity index (χ3n) is 2.69. The zero-order chi connectivity index (χ0) is 15.0. The number of nitriles is 1. The molecule has 5 heteroatoms. The molecule has 1 N–H and O–H groups in total. The Morgan fingerprint density at radius 2 is 2.20 bits per heavy atom. The minimum atomic E-state index is -0.611. The molecular formula is C15H18N2O3. The molecule has 1 amide bonds. The van der Waals surface area contributed by atoms with Crippen LogP contribution in [-0.4, -0.2) is 24.5 Å². The Labute approximate surface area is 118 Å². The van der Waals surface area contributed by atoms with Crippen LogP contribution in [0.4, 0.5) is 0 Å². The van der Waals surface area contributed by atoms with Gasteiger partial charge in [0.25, 0.3) is 5.91 Å². The van der Waals surface area contributed by atoms with E-state index in [2.05, 4.69) is 5.32 Å². The molecule has 1 unspecified atom stereocenters. The quantitative estimate of drug-likeness (QED) is 0.805. The maximum atomic E-state index is 11.7. The van der Waals surface area contributed by atoms with Gasteiger partial charge in [-0.3, -0.25) is 4.79 Å². The van der Waals surface area contributed by atoms with Gasteiger partial charge in [-0.25, -0.2) is 4.79 Å². The molecule has 1 aromatic carbocycles. The Kier molecular flexibility index (Phi) is 6.24. The van der Waals surface area contributed by atoms with E-state index in [1.165, 1.54) is 6.07 Å². The lowest BCUT2D eigenvalue weighted by molar-refractivity contribution is -0.124. The largest absolute Gasteiger partial charge is 0.452 e. The summed E-state index contributed by atoms with van der Waals surface area (Å²) in [4.78, 5) is 23.3. The molecule has 20 heavy (non-hydrogen) atoms. The number of benzene rings is 1. The molecule has 0 fully saturated rings. The third kappa shape index (κ3) is 5.11. The fraction of sp³-hybridized carbons (Fsp3) is 0.400. The molecule has 5 nitrogen and oxygen atoms in total. The van der Waals surface area contributed by atoms with Crippen molar-refractivity contribution in [3.63, 3.8) is 0 Å². The van der Waals surface area contributed by atoms with Gasteiger partial charge in [-0.1, -0.05) is 19.4 Å².